The highest BCUT2D eigenvalue weighted by Crippen LogP contribution is 2.19. The molecule has 0 radical (unpaired) electrons. The second-order valence-electron chi connectivity index (χ2n) is 6.31. The molecule has 0 saturated carbocycles. The fourth-order valence-corrected chi connectivity index (χ4v) is 2.78. The quantitative estimate of drug-likeness (QED) is 0.652. The Labute approximate surface area is 163 Å². The van der Waals surface area contributed by atoms with Gasteiger partial charge in [0.15, 0.2) is 5.76 Å². The van der Waals surface area contributed by atoms with Gasteiger partial charge in [-0.2, -0.15) is 0 Å². The lowest BCUT2D eigenvalue weighted by Crippen LogP contribution is -2.29. The molecule has 6 heteroatoms. The molecular weight excluding hydrogens is 356 g/mol. The first-order valence-corrected chi connectivity index (χ1v) is 8.90. The maximum atomic E-state index is 12.6. The summed E-state index contributed by atoms with van der Waals surface area (Å²) in [5, 5.41) is 5.65. The molecule has 0 aliphatic heterocycles. The first-order valence-electron chi connectivity index (χ1n) is 8.90. The Bertz CT molecular complexity index is 936. The smallest absolute Gasteiger partial charge is 0.291 e. The van der Waals surface area contributed by atoms with Gasteiger partial charge in [0.2, 0.25) is 0 Å². The van der Waals surface area contributed by atoms with Crippen molar-refractivity contribution in [2.75, 3.05) is 19.0 Å². The molecule has 2 amide bonds. The zero-order chi connectivity index (χ0) is 19.9. The van der Waals surface area contributed by atoms with E-state index in [1.54, 1.807) is 37.4 Å². The van der Waals surface area contributed by atoms with E-state index < -0.39 is 0 Å². The Morgan fingerprint density at radius 2 is 1.82 bits per heavy atom. The van der Waals surface area contributed by atoms with E-state index in [2.05, 4.69) is 10.6 Å². The number of nitrogens with one attached hydrogen (secondary N) is 2. The van der Waals surface area contributed by atoms with E-state index in [0.717, 1.165) is 11.1 Å². The second kappa shape index (κ2) is 9.01. The van der Waals surface area contributed by atoms with Crippen LogP contribution in [0.2, 0.25) is 0 Å². The van der Waals surface area contributed by atoms with Crippen molar-refractivity contribution in [2.45, 2.75) is 13.0 Å². The molecule has 1 atom stereocenters. The van der Waals surface area contributed by atoms with E-state index in [0.29, 0.717) is 17.8 Å². The topological polar surface area (TPSA) is 80.6 Å². The number of carbonyl (C=O) groups excluding carboxylic acids is 2. The van der Waals surface area contributed by atoms with Gasteiger partial charge in [0.25, 0.3) is 11.8 Å². The van der Waals surface area contributed by atoms with Crippen molar-refractivity contribution in [3.63, 3.8) is 0 Å². The Morgan fingerprint density at radius 3 is 2.50 bits per heavy atom. The fraction of sp³-hybridized carbons (Fsp3) is 0.182. The van der Waals surface area contributed by atoms with Crippen LogP contribution in [-0.4, -0.2) is 25.5 Å². The molecule has 0 aliphatic carbocycles. The Kier molecular flexibility index (Phi) is 6.24. The van der Waals surface area contributed by atoms with Crippen LogP contribution in [0.15, 0.2) is 71.3 Å². The van der Waals surface area contributed by atoms with Gasteiger partial charge in [-0.25, -0.2) is 0 Å². The van der Waals surface area contributed by atoms with Crippen molar-refractivity contribution in [3.8, 4) is 0 Å². The molecule has 2 aromatic carbocycles. The van der Waals surface area contributed by atoms with E-state index >= 15 is 0 Å². The predicted molar refractivity (Wildman–Crippen MR) is 106 cm³/mol. The van der Waals surface area contributed by atoms with Crippen LogP contribution in [0.5, 0.6) is 0 Å². The Morgan fingerprint density at radius 1 is 1.04 bits per heavy atom. The van der Waals surface area contributed by atoms with Crippen molar-refractivity contribution in [1.29, 1.82) is 0 Å². The van der Waals surface area contributed by atoms with Crippen molar-refractivity contribution in [3.05, 3.63) is 89.4 Å². The summed E-state index contributed by atoms with van der Waals surface area (Å²) < 4.78 is 10.6. The Balaban J connectivity index is 1.67. The number of carbonyl (C=O) groups is 2. The van der Waals surface area contributed by atoms with Gasteiger partial charge in [0.05, 0.1) is 12.4 Å². The van der Waals surface area contributed by atoms with Gasteiger partial charge in [-0.15, -0.1) is 0 Å². The molecule has 6 nitrogen and oxygen atoms in total. The van der Waals surface area contributed by atoms with Crippen LogP contribution in [0.1, 0.15) is 38.1 Å². The minimum atomic E-state index is -0.366. The Hall–Kier alpha value is -3.38. The SMILES string of the molecule is COC(CNC(=O)c1ccc(C)c(NC(=O)c2ccco2)c1)c1ccccc1. The number of aryl methyl sites for hydroxylation is 1. The number of methoxy groups -OCH3 is 1. The molecule has 0 bridgehead atoms. The number of ether oxygens (including phenoxy) is 1. The third-order valence-electron chi connectivity index (χ3n) is 4.40. The standard InChI is InChI=1S/C22H22N2O4/c1-15-10-11-17(13-18(15)24-22(26)19-9-6-12-28-19)21(25)23-14-20(27-2)16-7-4-3-5-8-16/h3-13,20H,14H2,1-2H3,(H,23,25)(H,24,26). The number of benzene rings is 2. The summed E-state index contributed by atoms with van der Waals surface area (Å²) in [7, 11) is 1.61. The molecule has 28 heavy (non-hydrogen) atoms. The highest BCUT2D eigenvalue weighted by Gasteiger charge is 2.15. The molecule has 1 unspecified atom stereocenters. The van der Waals surface area contributed by atoms with Crippen molar-refractivity contribution in [1.82, 2.24) is 5.32 Å². The highest BCUT2D eigenvalue weighted by molar-refractivity contribution is 6.03. The van der Waals surface area contributed by atoms with Crippen molar-refractivity contribution < 1.29 is 18.7 Å². The second-order valence-corrected chi connectivity index (χ2v) is 6.31. The van der Waals surface area contributed by atoms with Crippen molar-refractivity contribution in [2.24, 2.45) is 0 Å². The molecule has 0 saturated heterocycles. The number of hydrogen-bond acceptors (Lipinski definition) is 4. The van der Waals surface area contributed by atoms with E-state index in [1.807, 2.05) is 37.3 Å². The molecule has 2 N–H and O–H groups in total. The fourth-order valence-electron chi connectivity index (χ4n) is 2.78. The van der Waals surface area contributed by atoms with E-state index in [-0.39, 0.29) is 23.7 Å². The number of furan rings is 1. The number of rotatable bonds is 7. The maximum absolute atomic E-state index is 12.6. The van der Waals surface area contributed by atoms with Gasteiger partial charge in [-0.3, -0.25) is 9.59 Å². The zero-order valence-electron chi connectivity index (χ0n) is 15.8. The lowest BCUT2D eigenvalue weighted by Gasteiger charge is -2.17. The predicted octanol–water partition coefficient (Wildman–Crippen LogP) is 3.96. The minimum absolute atomic E-state index is 0.208. The van der Waals surface area contributed by atoms with Crippen LogP contribution in [-0.2, 0) is 4.74 Å². The molecule has 144 valence electrons. The van der Waals surface area contributed by atoms with Crippen LogP contribution in [0.3, 0.4) is 0 Å². The summed E-state index contributed by atoms with van der Waals surface area (Å²) >= 11 is 0. The maximum Gasteiger partial charge on any atom is 0.291 e. The third-order valence-corrected chi connectivity index (χ3v) is 4.40. The van der Waals surface area contributed by atoms with Gasteiger partial charge in [-0.05, 0) is 42.3 Å². The monoisotopic (exact) mass is 378 g/mol. The van der Waals surface area contributed by atoms with Crippen LogP contribution >= 0.6 is 0 Å². The van der Waals surface area contributed by atoms with E-state index in [1.165, 1.54) is 6.26 Å². The average Bonchev–Trinajstić information content (AvgIpc) is 3.26. The largest absolute Gasteiger partial charge is 0.459 e. The molecule has 1 aromatic heterocycles. The van der Waals surface area contributed by atoms with Crippen molar-refractivity contribution >= 4 is 17.5 Å². The van der Waals surface area contributed by atoms with Gasteiger partial charge in [0, 0.05) is 24.9 Å². The summed E-state index contributed by atoms with van der Waals surface area (Å²) in [5.74, 6) is -0.402. The highest BCUT2D eigenvalue weighted by atomic mass is 16.5. The normalized spacial score (nSPS) is 11.6. The molecule has 0 aliphatic rings. The third kappa shape index (κ3) is 4.66. The zero-order valence-corrected chi connectivity index (χ0v) is 15.8. The van der Waals surface area contributed by atoms with Gasteiger partial charge in [0.1, 0.15) is 0 Å². The van der Waals surface area contributed by atoms with Crippen LogP contribution in [0.25, 0.3) is 0 Å². The number of anilines is 1. The molecular formula is C22H22N2O4. The molecule has 3 rings (SSSR count). The van der Waals surface area contributed by atoms with Gasteiger partial charge < -0.3 is 19.8 Å². The van der Waals surface area contributed by atoms with Gasteiger partial charge in [-0.1, -0.05) is 36.4 Å². The minimum Gasteiger partial charge on any atom is -0.459 e. The summed E-state index contributed by atoms with van der Waals surface area (Å²) in [6.45, 7) is 2.19. The lowest BCUT2D eigenvalue weighted by atomic mass is 10.1. The number of hydrogen-bond donors (Lipinski definition) is 2. The molecule has 1 heterocycles. The van der Waals surface area contributed by atoms with Crippen LogP contribution in [0, 0.1) is 6.92 Å². The first kappa shape index (κ1) is 19.4. The van der Waals surface area contributed by atoms with Gasteiger partial charge >= 0.3 is 0 Å². The summed E-state index contributed by atoms with van der Waals surface area (Å²) in [6.07, 6.45) is 1.19. The van der Waals surface area contributed by atoms with Crippen LogP contribution < -0.4 is 10.6 Å². The van der Waals surface area contributed by atoms with E-state index in [4.69, 9.17) is 9.15 Å². The molecule has 3 aromatic rings. The summed E-state index contributed by atoms with van der Waals surface area (Å²) in [4.78, 5) is 24.8. The number of amides is 2. The summed E-state index contributed by atoms with van der Waals surface area (Å²) in [5.41, 5.74) is 2.83. The lowest BCUT2D eigenvalue weighted by molar-refractivity contribution is 0.0827. The summed E-state index contributed by atoms with van der Waals surface area (Å²) in [6, 6.07) is 18.1. The van der Waals surface area contributed by atoms with Crippen LogP contribution in [0.4, 0.5) is 5.69 Å². The average molecular weight is 378 g/mol. The molecule has 0 spiro atoms. The first-order chi connectivity index (χ1) is 13.6. The van der Waals surface area contributed by atoms with E-state index in [9.17, 15) is 9.59 Å². The molecule has 0 fully saturated rings.